The van der Waals surface area contributed by atoms with Crippen LogP contribution in [0.2, 0.25) is 39.3 Å². The Hall–Kier alpha value is -1.27. The zero-order valence-corrected chi connectivity index (χ0v) is 33.6. The first-order valence-electron chi connectivity index (χ1n) is 15.3. The summed E-state index contributed by atoms with van der Waals surface area (Å²) in [5.74, 6) is 0. The average molecular weight is 721 g/mol. The Morgan fingerprint density at radius 3 is 2.07 bits per heavy atom. The first-order chi connectivity index (χ1) is 19.7. The van der Waals surface area contributed by atoms with Gasteiger partial charge in [-0.3, -0.25) is 0 Å². The van der Waals surface area contributed by atoms with E-state index >= 15 is 0 Å². The fraction of sp³-hybridized carbons (Fsp3) is 0.278. The van der Waals surface area contributed by atoms with Gasteiger partial charge in [0.05, 0.1) is 0 Å². The van der Waals surface area contributed by atoms with Crippen molar-refractivity contribution < 1.29 is 17.9 Å². The van der Waals surface area contributed by atoms with E-state index in [1.54, 1.807) is 10.4 Å². The Balaban J connectivity index is 1.53. The van der Waals surface area contributed by atoms with Crippen molar-refractivity contribution in [3.63, 3.8) is 0 Å². The molecule has 4 aromatic carbocycles. The molecule has 0 saturated heterocycles. The summed E-state index contributed by atoms with van der Waals surface area (Å²) in [6.45, 7) is 19.4. The van der Waals surface area contributed by atoms with Crippen LogP contribution in [-0.4, -0.2) is 25.7 Å². The van der Waals surface area contributed by atoms with Crippen molar-refractivity contribution in [2.24, 2.45) is 0 Å². The standard InChI is InChI=1S/C24H33Si2.C12H9Si.2ClH.Zr/c1-9-18-12-19-11-10-17(2)24(23(19)13-18)20-14-21(25(3,4)5)16-22(15-20)26(6,7)8;1-3-7-11-9(5-1)10-6-2-4-8-12(10)13-11;;;/h10-16H,9H2,1-8H3;1-7H,13H2;2*1H;/q;;;;+2/p-2. The van der Waals surface area contributed by atoms with Crippen LogP contribution in [0.3, 0.4) is 0 Å². The molecular formula is C36H42Cl2Si3Zr. The van der Waals surface area contributed by atoms with Gasteiger partial charge in [0.25, 0.3) is 0 Å². The summed E-state index contributed by atoms with van der Waals surface area (Å²) >= 11 is -3.96. The van der Waals surface area contributed by atoms with Gasteiger partial charge in [-0.15, -0.1) is 0 Å². The Bertz CT molecular complexity index is 1730. The number of hydrogen-bond donors (Lipinski definition) is 0. The van der Waals surface area contributed by atoms with E-state index in [9.17, 15) is 0 Å². The van der Waals surface area contributed by atoms with Crippen LogP contribution >= 0.6 is 17.0 Å². The molecule has 0 aromatic heterocycles. The second kappa shape index (κ2) is 11.0. The van der Waals surface area contributed by atoms with E-state index in [1.165, 1.54) is 58.2 Å². The molecule has 4 aromatic rings. The van der Waals surface area contributed by atoms with Crippen molar-refractivity contribution in [1.82, 2.24) is 0 Å². The zero-order chi connectivity index (χ0) is 30.2. The van der Waals surface area contributed by atoms with E-state index in [-0.39, 0.29) is 3.63 Å². The molecule has 1 atom stereocenters. The summed E-state index contributed by atoms with van der Waals surface area (Å²) in [6.07, 6.45) is 3.45. The number of halogens is 2. The van der Waals surface area contributed by atoms with Crippen molar-refractivity contribution in [3.8, 4) is 22.3 Å². The molecule has 216 valence electrons. The van der Waals surface area contributed by atoms with Crippen LogP contribution in [0.4, 0.5) is 0 Å². The SMILES string of the molecule is CCC1=Cc2c(ccc(C)c2-c2cc([Si](C)(C)C)cc([Si](C)(C)C)c2)[CH]1[Zr]([Cl])([Cl])[c]1cccc2c1[SiH2]c1ccccc1-2. The Morgan fingerprint density at radius 1 is 0.786 bits per heavy atom. The van der Waals surface area contributed by atoms with Gasteiger partial charge in [0, 0.05) is 0 Å². The normalized spacial score (nSPS) is 16.8. The third kappa shape index (κ3) is 5.23. The number of benzene rings is 4. The predicted molar refractivity (Wildman–Crippen MR) is 195 cm³/mol. The molecule has 0 fully saturated rings. The van der Waals surface area contributed by atoms with E-state index in [4.69, 9.17) is 17.0 Å². The van der Waals surface area contributed by atoms with E-state index in [0.29, 0.717) is 0 Å². The van der Waals surface area contributed by atoms with Crippen molar-refractivity contribution in [2.45, 2.75) is 63.2 Å². The van der Waals surface area contributed by atoms with Crippen LogP contribution in [0.1, 0.15) is 33.7 Å². The van der Waals surface area contributed by atoms with E-state index in [0.717, 1.165) is 6.42 Å². The van der Waals surface area contributed by atoms with E-state index in [2.05, 4.69) is 132 Å². The van der Waals surface area contributed by atoms with Crippen molar-refractivity contribution in [1.29, 1.82) is 0 Å². The summed E-state index contributed by atoms with van der Waals surface area (Å²) in [6, 6.07) is 27.9. The van der Waals surface area contributed by atoms with Crippen molar-refractivity contribution in [2.75, 3.05) is 0 Å². The molecule has 0 saturated carbocycles. The van der Waals surface area contributed by atoms with Crippen LogP contribution in [0.5, 0.6) is 0 Å². The molecule has 6 rings (SSSR count). The van der Waals surface area contributed by atoms with Gasteiger partial charge in [0.1, 0.15) is 0 Å². The first kappa shape index (κ1) is 30.7. The maximum absolute atomic E-state index is 7.87. The fourth-order valence-corrected chi connectivity index (χ4v) is 26.5. The van der Waals surface area contributed by atoms with Crippen molar-refractivity contribution >= 4 is 72.8 Å². The van der Waals surface area contributed by atoms with Crippen LogP contribution in [0.15, 0.2) is 78.4 Å². The Kier molecular flexibility index (Phi) is 8.03. The van der Waals surface area contributed by atoms with Gasteiger partial charge in [-0.1, -0.05) is 0 Å². The monoisotopic (exact) mass is 718 g/mol. The van der Waals surface area contributed by atoms with Gasteiger partial charge in [-0.25, -0.2) is 0 Å². The van der Waals surface area contributed by atoms with Crippen LogP contribution in [0.25, 0.3) is 28.3 Å². The third-order valence-electron chi connectivity index (χ3n) is 9.43. The topological polar surface area (TPSA) is 0 Å². The quantitative estimate of drug-likeness (QED) is 0.160. The number of fused-ring (bicyclic) bond motifs is 4. The molecule has 0 spiro atoms. The summed E-state index contributed by atoms with van der Waals surface area (Å²) in [5.41, 5.74) is 11.0. The van der Waals surface area contributed by atoms with Crippen molar-refractivity contribution in [3.05, 3.63) is 95.1 Å². The molecule has 1 aliphatic carbocycles. The first-order valence-corrected chi connectivity index (χ1v) is 32.7. The van der Waals surface area contributed by atoms with E-state index in [1.807, 2.05) is 0 Å². The summed E-state index contributed by atoms with van der Waals surface area (Å²) in [5, 5.41) is 6.12. The zero-order valence-electron chi connectivity index (χ0n) is 26.3. The molecule has 1 heterocycles. The number of allylic oxidation sites excluding steroid dienone is 1. The molecule has 2 aliphatic rings. The molecule has 0 bridgehead atoms. The molecule has 0 radical (unpaired) electrons. The van der Waals surface area contributed by atoms with Crippen LogP contribution < -0.4 is 24.0 Å². The summed E-state index contributed by atoms with van der Waals surface area (Å²) in [7, 11) is 12.1. The fourth-order valence-electron chi connectivity index (χ4n) is 7.00. The summed E-state index contributed by atoms with van der Waals surface area (Å²) < 4.78 is 1.44. The molecule has 6 heteroatoms. The minimum atomic E-state index is -3.96. The third-order valence-corrected chi connectivity index (χ3v) is 27.8. The number of rotatable bonds is 6. The predicted octanol–water partition coefficient (Wildman–Crippen LogP) is 7.49. The van der Waals surface area contributed by atoms with Gasteiger partial charge < -0.3 is 0 Å². The van der Waals surface area contributed by atoms with Gasteiger partial charge in [0.15, 0.2) is 0 Å². The van der Waals surface area contributed by atoms with Gasteiger partial charge in [0.2, 0.25) is 0 Å². The molecular weight excluding hydrogens is 679 g/mol. The Labute approximate surface area is 268 Å². The van der Waals surface area contributed by atoms with E-state index < -0.39 is 43.5 Å². The van der Waals surface area contributed by atoms with Crippen LogP contribution in [0, 0.1) is 6.92 Å². The van der Waals surface area contributed by atoms with Crippen LogP contribution in [-0.2, 0) is 17.9 Å². The molecule has 0 amide bonds. The molecule has 1 aliphatic heterocycles. The maximum atomic E-state index is 7.87. The van der Waals surface area contributed by atoms with Gasteiger partial charge in [-0.05, 0) is 0 Å². The number of hydrogen-bond acceptors (Lipinski definition) is 0. The second-order valence-corrected chi connectivity index (χ2v) is 40.3. The minimum absolute atomic E-state index is 0.128. The van der Waals surface area contributed by atoms with Gasteiger partial charge >= 0.3 is 271 Å². The second-order valence-electron chi connectivity index (χ2n) is 14.4. The molecule has 42 heavy (non-hydrogen) atoms. The molecule has 0 N–H and O–H groups in total. The summed E-state index contributed by atoms with van der Waals surface area (Å²) in [4.78, 5) is 0. The average Bonchev–Trinajstić information content (AvgIpc) is 3.50. The molecule has 0 nitrogen and oxygen atoms in total. The van der Waals surface area contributed by atoms with Gasteiger partial charge in [-0.2, -0.15) is 0 Å². The Morgan fingerprint density at radius 2 is 1.43 bits per heavy atom. The number of aryl methyl sites for hydroxylation is 1. The molecule has 1 unspecified atom stereocenters.